The molecule has 3 aromatic rings. The van der Waals surface area contributed by atoms with Crippen LogP contribution in [0.15, 0.2) is 72.8 Å². The third-order valence-corrected chi connectivity index (χ3v) is 13.2. The summed E-state index contributed by atoms with van der Waals surface area (Å²) < 4.78 is 16.9. The fourth-order valence-corrected chi connectivity index (χ4v) is 11.3. The minimum atomic E-state index is -3.55. The van der Waals surface area contributed by atoms with E-state index in [0.29, 0.717) is 18.6 Å². The molecule has 3 N–H and O–H groups in total. The van der Waals surface area contributed by atoms with Gasteiger partial charge in [-0.25, -0.2) is 0 Å². The van der Waals surface area contributed by atoms with Gasteiger partial charge in [-0.3, -0.25) is 0 Å². The topological polar surface area (TPSA) is 116 Å². The van der Waals surface area contributed by atoms with Crippen LogP contribution in [-0.4, -0.2) is 50.1 Å². The van der Waals surface area contributed by atoms with Crippen LogP contribution in [-0.2, 0) is 28.4 Å². The number of aromatic hydroxyl groups is 3. The van der Waals surface area contributed by atoms with Gasteiger partial charge >= 0.3 is 225 Å². The first-order valence-electron chi connectivity index (χ1n) is 12.7. The van der Waals surface area contributed by atoms with E-state index in [2.05, 4.69) is 0 Å². The van der Waals surface area contributed by atoms with Crippen molar-refractivity contribution in [2.45, 2.75) is 33.2 Å². The van der Waals surface area contributed by atoms with E-state index in [9.17, 15) is 15.3 Å². The summed E-state index contributed by atoms with van der Waals surface area (Å²) in [6, 6.07) is 21.9. The summed E-state index contributed by atoms with van der Waals surface area (Å²) in [5.41, 5.74) is 0. The van der Waals surface area contributed by atoms with Crippen molar-refractivity contribution >= 4 is 32.0 Å². The van der Waals surface area contributed by atoms with Crippen LogP contribution in [0.25, 0.3) is 0 Å². The van der Waals surface area contributed by atoms with Crippen LogP contribution in [0.5, 0.6) is 17.2 Å². The molecule has 0 saturated carbocycles. The van der Waals surface area contributed by atoms with Crippen molar-refractivity contribution in [2.24, 2.45) is 0 Å². The van der Waals surface area contributed by atoms with Crippen LogP contribution in [0.2, 0.25) is 6.04 Å². The van der Waals surface area contributed by atoms with Crippen LogP contribution >= 0.6 is 7.26 Å². The third kappa shape index (κ3) is 7.53. The first kappa shape index (κ1) is 30.0. The molecule has 38 heavy (non-hydrogen) atoms. The van der Waals surface area contributed by atoms with E-state index in [-0.39, 0.29) is 37.1 Å². The molecular formula is C27H37O9PSi. The molecule has 0 spiro atoms. The molecule has 11 heteroatoms. The van der Waals surface area contributed by atoms with Crippen molar-refractivity contribution in [1.29, 1.82) is 0 Å². The number of hydrogen-bond donors (Lipinski definition) is 3. The Hall–Kier alpha value is -2.53. The molecule has 0 heterocycles. The predicted molar refractivity (Wildman–Crippen MR) is 150 cm³/mol. The van der Waals surface area contributed by atoms with Crippen LogP contribution in [0.4, 0.5) is 0 Å². The second-order valence-electron chi connectivity index (χ2n) is 8.55. The molecule has 0 saturated heterocycles. The summed E-state index contributed by atoms with van der Waals surface area (Å²) in [6.07, 6.45) is 1.25. The predicted octanol–water partition coefficient (Wildman–Crippen LogP) is 4.06. The van der Waals surface area contributed by atoms with E-state index in [1.807, 2.05) is 36.4 Å². The molecule has 0 radical (unpaired) electrons. The van der Waals surface area contributed by atoms with Crippen molar-refractivity contribution in [3.63, 3.8) is 0 Å². The van der Waals surface area contributed by atoms with E-state index in [0.717, 1.165) is 15.9 Å². The average molecular weight is 565 g/mol. The fraction of sp³-hybridized carbons (Fsp3) is 0.333. The maximum atomic E-state index is 10.0. The van der Waals surface area contributed by atoms with Crippen molar-refractivity contribution in [1.82, 2.24) is 0 Å². The standard InChI is InChI=1S/C27H37O9PSi/c1-4-31-34-38(35-32-5-2,36-33-6-3)21-7-20-37(25-14-8-22(28)9-15-25,26-16-10-23(29)11-17-26)27-18-12-24(30)13-19-27/h8-19,28-30,37H,4-7,20-21H2,1-3H3. The number of phenolic OH excluding ortho intramolecular Hbond substituents is 3. The molecule has 3 rings (SSSR count). The van der Waals surface area contributed by atoms with Gasteiger partial charge in [0, 0.05) is 0 Å². The Balaban J connectivity index is 2.07. The van der Waals surface area contributed by atoms with Gasteiger partial charge < -0.3 is 0 Å². The van der Waals surface area contributed by atoms with Crippen LogP contribution in [0.1, 0.15) is 27.2 Å². The monoisotopic (exact) mass is 564 g/mol. The molecule has 0 atom stereocenters. The maximum absolute atomic E-state index is 10.0. The molecule has 0 unspecified atom stereocenters. The summed E-state index contributed by atoms with van der Waals surface area (Å²) >= 11 is 0. The number of hydrogen-bond acceptors (Lipinski definition) is 9. The zero-order chi connectivity index (χ0) is 27.4. The summed E-state index contributed by atoms with van der Waals surface area (Å²) in [5.74, 6) is 0.500. The van der Waals surface area contributed by atoms with Crippen LogP contribution in [0, 0.1) is 0 Å². The van der Waals surface area contributed by atoms with E-state index in [4.69, 9.17) is 28.4 Å². The van der Waals surface area contributed by atoms with E-state index in [1.54, 1.807) is 57.2 Å². The van der Waals surface area contributed by atoms with Crippen molar-refractivity contribution in [3.05, 3.63) is 72.8 Å². The molecule has 0 aliphatic carbocycles. The third-order valence-electron chi connectivity index (χ3n) is 6.03. The summed E-state index contributed by atoms with van der Waals surface area (Å²) in [5, 5.41) is 33.2. The molecule has 0 aliphatic heterocycles. The zero-order valence-corrected chi connectivity index (χ0v) is 24.0. The van der Waals surface area contributed by atoms with Gasteiger partial charge in [-0.05, 0) is 0 Å². The minimum absolute atomic E-state index is 0.167. The molecule has 0 fully saturated rings. The molecule has 0 aliphatic rings. The van der Waals surface area contributed by atoms with E-state index in [1.165, 1.54) is 0 Å². The Morgan fingerprint density at radius 3 is 1.16 bits per heavy atom. The first-order valence-corrected chi connectivity index (χ1v) is 16.8. The number of phenols is 3. The summed E-state index contributed by atoms with van der Waals surface area (Å²) in [7, 11) is -6.34. The Labute approximate surface area is 225 Å². The Morgan fingerprint density at radius 1 is 0.553 bits per heavy atom. The second-order valence-corrected chi connectivity index (χ2v) is 15.0. The van der Waals surface area contributed by atoms with Crippen LogP contribution < -0.4 is 15.9 Å². The van der Waals surface area contributed by atoms with Gasteiger partial charge in [0.25, 0.3) is 0 Å². The van der Waals surface area contributed by atoms with Gasteiger partial charge in [0.2, 0.25) is 0 Å². The van der Waals surface area contributed by atoms with Gasteiger partial charge in [-0.1, -0.05) is 0 Å². The molecular weight excluding hydrogens is 527 g/mol. The normalized spacial score (nSPS) is 12.5. The molecule has 3 aromatic carbocycles. The average Bonchev–Trinajstić information content (AvgIpc) is 2.93. The van der Waals surface area contributed by atoms with Gasteiger partial charge in [-0.15, -0.1) is 0 Å². The Morgan fingerprint density at radius 2 is 0.868 bits per heavy atom. The van der Waals surface area contributed by atoms with E-state index < -0.39 is 16.1 Å². The van der Waals surface area contributed by atoms with E-state index >= 15 is 0 Å². The SMILES string of the molecule is CCOO[Si](CCC[PH](c1ccc(O)cc1)(c1ccc(O)cc1)c1ccc(O)cc1)(OOCC)OOCC. The summed E-state index contributed by atoms with van der Waals surface area (Å²) in [4.78, 5) is 15.7. The van der Waals surface area contributed by atoms with Gasteiger partial charge in [0.05, 0.1) is 0 Å². The quantitative estimate of drug-likeness (QED) is 0.103. The molecule has 0 amide bonds. The van der Waals surface area contributed by atoms with Crippen molar-refractivity contribution in [2.75, 3.05) is 26.0 Å². The van der Waals surface area contributed by atoms with Crippen molar-refractivity contribution < 1.29 is 43.7 Å². The van der Waals surface area contributed by atoms with Gasteiger partial charge in [0.1, 0.15) is 0 Å². The Bertz CT molecular complexity index is 962. The number of benzene rings is 3. The summed E-state index contributed by atoms with van der Waals surface area (Å²) in [6.45, 7) is 6.23. The van der Waals surface area contributed by atoms with Gasteiger partial charge in [0.15, 0.2) is 0 Å². The van der Waals surface area contributed by atoms with Crippen molar-refractivity contribution in [3.8, 4) is 17.2 Å². The van der Waals surface area contributed by atoms with Gasteiger partial charge in [-0.2, -0.15) is 0 Å². The molecule has 9 nitrogen and oxygen atoms in total. The van der Waals surface area contributed by atoms with Crippen LogP contribution in [0.3, 0.4) is 0 Å². The molecule has 0 aromatic heterocycles. The Kier molecular flexibility index (Phi) is 11.5. The zero-order valence-electron chi connectivity index (χ0n) is 22.0. The first-order chi connectivity index (χ1) is 18.4. The molecule has 208 valence electrons. The fourth-order valence-electron chi connectivity index (χ4n) is 4.35. The molecule has 0 bridgehead atoms. The second kappa shape index (κ2) is 14.6. The number of rotatable bonds is 16.